The van der Waals surface area contributed by atoms with Gasteiger partial charge in [-0.2, -0.15) is 0 Å². The van der Waals surface area contributed by atoms with Crippen LogP contribution >= 0.6 is 0 Å². The van der Waals surface area contributed by atoms with E-state index in [1.54, 1.807) is 24.3 Å². The third-order valence-corrected chi connectivity index (χ3v) is 2.72. The molecule has 2 N–H and O–H groups in total. The Morgan fingerprint density at radius 1 is 1.05 bits per heavy atom. The molecule has 1 saturated heterocycles. The van der Waals surface area contributed by atoms with Gasteiger partial charge in [0.25, 0.3) is 0 Å². The molecular weight excluding hydrogens is 264 g/mol. The number of urea groups is 1. The van der Waals surface area contributed by atoms with Gasteiger partial charge in [-0.05, 0) is 5.56 Å². The van der Waals surface area contributed by atoms with Crippen molar-refractivity contribution >= 4 is 23.8 Å². The normalized spacial score (nSPS) is 15.5. The van der Waals surface area contributed by atoms with Crippen molar-refractivity contribution in [3.8, 4) is 0 Å². The van der Waals surface area contributed by atoms with Gasteiger partial charge >= 0.3 is 12.0 Å². The predicted molar refractivity (Wildman–Crippen MR) is 66.0 cm³/mol. The van der Waals surface area contributed by atoms with Crippen molar-refractivity contribution in [3.05, 3.63) is 35.9 Å². The summed E-state index contributed by atoms with van der Waals surface area (Å²) in [5.41, 5.74) is 0.800. The summed E-state index contributed by atoms with van der Waals surface area (Å²) >= 11 is 0. The molecule has 104 valence electrons. The van der Waals surface area contributed by atoms with E-state index in [1.807, 2.05) is 16.7 Å². The van der Waals surface area contributed by atoms with E-state index in [0.29, 0.717) is 0 Å². The van der Waals surface area contributed by atoms with Gasteiger partial charge < -0.3 is 4.74 Å². The number of amides is 4. The van der Waals surface area contributed by atoms with E-state index in [9.17, 15) is 19.2 Å². The van der Waals surface area contributed by atoms with E-state index in [-0.39, 0.29) is 6.61 Å². The summed E-state index contributed by atoms with van der Waals surface area (Å²) in [7, 11) is 0. The Hall–Kier alpha value is -2.70. The number of rotatable bonds is 4. The maximum atomic E-state index is 11.6. The first-order chi connectivity index (χ1) is 9.56. The minimum absolute atomic E-state index is 0.0640. The zero-order chi connectivity index (χ0) is 14.5. The highest BCUT2D eigenvalue weighted by molar-refractivity contribution is 6.17. The third kappa shape index (κ3) is 3.41. The topological polar surface area (TPSA) is 102 Å². The average molecular weight is 276 g/mol. The number of imide groups is 2. The molecule has 1 aromatic carbocycles. The molecule has 1 fully saturated rings. The summed E-state index contributed by atoms with van der Waals surface area (Å²) in [6.45, 7) is 0.0640. The van der Waals surface area contributed by atoms with Crippen molar-refractivity contribution < 1.29 is 23.9 Å². The van der Waals surface area contributed by atoms with E-state index in [2.05, 4.69) is 0 Å². The SMILES string of the molecule is O=C1NC(=O)C(CC(=O)OCc2ccccc2)C(=O)N1. The van der Waals surface area contributed by atoms with Crippen LogP contribution in [-0.2, 0) is 25.7 Å². The lowest BCUT2D eigenvalue weighted by molar-refractivity contribution is -0.151. The molecule has 0 aliphatic carbocycles. The van der Waals surface area contributed by atoms with E-state index in [0.717, 1.165) is 5.56 Å². The first kappa shape index (κ1) is 13.7. The van der Waals surface area contributed by atoms with Crippen molar-refractivity contribution in [1.82, 2.24) is 10.6 Å². The fourth-order valence-electron chi connectivity index (χ4n) is 1.70. The van der Waals surface area contributed by atoms with E-state index in [1.165, 1.54) is 0 Å². The smallest absolute Gasteiger partial charge is 0.328 e. The van der Waals surface area contributed by atoms with Gasteiger partial charge in [0.1, 0.15) is 12.5 Å². The Kier molecular flexibility index (Phi) is 4.09. The van der Waals surface area contributed by atoms with Crippen molar-refractivity contribution in [2.24, 2.45) is 5.92 Å². The molecule has 1 heterocycles. The largest absolute Gasteiger partial charge is 0.461 e. The number of benzene rings is 1. The molecule has 0 saturated carbocycles. The monoisotopic (exact) mass is 276 g/mol. The van der Waals surface area contributed by atoms with E-state index >= 15 is 0 Å². The summed E-state index contributed by atoms with van der Waals surface area (Å²) < 4.78 is 4.97. The molecule has 7 heteroatoms. The van der Waals surface area contributed by atoms with Gasteiger partial charge in [0.05, 0.1) is 6.42 Å². The zero-order valence-electron chi connectivity index (χ0n) is 10.4. The standard InChI is InChI=1S/C13H12N2O5/c16-10(20-7-8-4-2-1-3-5-8)6-9-11(17)14-13(19)15-12(9)18/h1-5,9H,6-7H2,(H2,14,15,17,18,19). The molecule has 0 unspecified atom stereocenters. The molecule has 2 rings (SSSR count). The fourth-order valence-corrected chi connectivity index (χ4v) is 1.70. The summed E-state index contributed by atoms with van der Waals surface area (Å²) in [6.07, 6.45) is -0.405. The Morgan fingerprint density at radius 2 is 1.65 bits per heavy atom. The summed E-state index contributed by atoms with van der Waals surface area (Å²) in [4.78, 5) is 45.3. The minimum atomic E-state index is -1.24. The van der Waals surface area contributed by atoms with Gasteiger partial charge in [0.2, 0.25) is 11.8 Å². The summed E-state index contributed by atoms with van der Waals surface area (Å²) in [5, 5.41) is 3.84. The number of hydrogen-bond acceptors (Lipinski definition) is 5. The lowest BCUT2D eigenvalue weighted by atomic mass is 10.0. The fraction of sp³-hybridized carbons (Fsp3) is 0.231. The van der Waals surface area contributed by atoms with Crippen LogP contribution in [-0.4, -0.2) is 23.8 Å². The number of hydrogen-bond donors (Lipinski definition) is 2. The minimum Gasteiger partial charge on any atom is -0.461 e. The van der Waals surface area contributed by atoms with Crippen molar-refractivity contribution in [2.45, 2.75) is 13.0 Å². The van der Waals surface area contributed by atoms with Crippen LogP contribution in [0, 0.1) is 5.92 Å². The van der Waals surface area contributed by atoms with Crippen LogP contribution in [0.1, 0.15) is 12.0 Å². The van der Waals surface area contributed by atoms with Gasteiger partial charge in [0, 0.05) is 0 Å². The Balaban J connectivity index is 1.86. The highest BCUT2D eigenvalue weighted by Crippen LogP contribution is 2.10. The van der Waals surface area contributed by atoms with Gasteiger partial charge in [-0.1, -0.05) is 30.3 Å². The maximum Gasteiger partial charge on any atom is 0.328 e. The third-order valence-electron chi connectivity index (χ3n) is 2.72. The second-order valence-electron chi connectivity index (χ2n) is 4.21. The van der Waals surface area contributed by atoms with Crippen LogP contribution in [0.3, 0.4) is 0 Å². The number of carbonyl (C=O) groups excluding carboxylic acids is 4. The number of barbiturate groups is 1. The van der Waals surface area contributed by atoms with Crippen LogP contribution in [0.5, 0.6) is 0 Å². The Bertz CT molecular complexity index is 535. The van der Waals surface area contributed by atoms with Gasteiger partial charge in [-0.15, -0.1) is 0 Å². The molecule has 1 aliphatic rings. The molecule has 0 bridgehead atoms. The van der Waals surface area contributed by atoms with Crippen molar-refractivity contribution in [2.75, 3.05) is 0 Å². The predicted octanol–water partition coefficient (Wildman–Crippen LogP) is 0.102. The molecule has 1 aliphatic heterocycles. The first-order valence-electron chi connectivity index (χ1n) is 5.91. The van der Waals surface area contributed by atoms with E-state index < -0.39 is 36.2 Å². The quantitative estimate of drug-likeness (QED) is 0.600. The second-order valence-corrected chi connectivity index (χ2v) is 4.21. The van der Waals surface area contributed by atoms with Crippen LogP contribution in [0.2, 0.25) is 0 Å². The molecule has 0 aromatic heterocycles. The van der Waals surface area contributed by atoms with Gasteiger partial charge in [0.15, 0.2) is 0 Å². The molecule has 20 heavy (non-hydrogen) atoms. The zero-order valence-corrected chi connectivity index (χ0v) is 10.4. The molecular formula is C13H12N2O5. The molecule has 0 radical (unpaired) electrons. The van der Waals surface area contributed by atoms with Gasteiger partial charge in [-0.25, -0.2) is 4.79 Å². The molecule has 1 aromatic rings. The molecule has 7 nitrogen and oxygen atoms in total. The maximum absolute atomic E-state index is 11.6. The number of nitrogens with one attached hydrogen (secondary N) is 2. The van der Waals surface area contributed by atoms with Crippen LogP contribution in [0.25, 0.3) is 0 Å². The van der Waals surface area contributed by atoms with Crippen molar-refractivity contribution in [1.29, 1.82) is 0 Å². The number of carbonyl (C=O) groups is 4. The van der Waals surface area contributed by atoms with Crippen LogP contribution < -0.4 is 10.6 Å². The lowest BCUT2D eigenvalue weighted by Crippen LogP contribution is -2.56. The lowest BCUT2D eigenvalue weighted by Gasteiger charge is -2.19. The number of ether oxygens (including phenoxy) is 1. The Labute approximate surface area is 114 Å². The Morgan fingerprint density at radius 3 is 2.25 bits per heavy atom. The molecule has 0 spiro atoms. The number of esters is 1. The highest BCUT2D eigenvalue weighted by Gasteiger charge is 2.36. The van der Waals surface area contributed by atoms with Gasteiger partial charge in [-0.3, -0.25) is 25.0 Å². The second kappa shape index (κ2) is 5.96. The molecule has 4 amide bonds. The molecule has 0 atom stereocenters. The average Bonchev–Trinajstić information content (AvgIpc) is 2.42. The van der Waals surface area contributed by atoms with Crippen molar-refractivity contribution in [3.63, 3.8) is 0 Å². The summed E-state index contributed by atoms with van der Waals surface area (Å²) in [5.74, 6) is -3.51. The first-order valence-corrected chi connectivity index (χ1v) is 5.91. The highest BCUT2D eigenvalue weighted by atomic mass is 16.5. The summed E-state index contributed by atoms with van der Waals surface area (Å²) in [6, 6.07) is 8.12. The van der Waals surface area contributed by atoms with Crippen LogP contribution in [0.15, 0.2) is 30.3 Å². The van der Waals surface area contributed by atoms with Crippen LogP contribution in [0.4, 0.5) is 4.79 Å². The van der Waals surface area contributed by atoms with E-state index in [4.69, 9.17) is 4.74 Å².